The number of aromatic nitrogens is 2. The van der Waals surface area contributed by atoms with Gasteiger partial charge in [0, 0.05) is 66.4 Å². The van der Waals surface area contributed by atoms with E-state index in [-0.39, 0.29) is 16.4 Å². The Morgan fingerprint density at radius 2 is 2.17 bits per heavy atom. The Bertz CT molecular complexity index is 1070. The highest BCUT2D eigenvalue weighted by Gasteiger charge is 2.31. The number of hydrogen-bond acceptors (Lipinski definition) is 8. The molecule has 2 aromatic heterocycles. The summed E-state index contributed by atoms with van der Waals surface area (Å²) >= 11 is 3.70. The van der Waals surface area contributed by atoms with Crippen LogP contribution in [0, 0.1) is 16.2 Å². The van der Waals surface area contributed by atoms with E-state index in [1.165, 1.54) is 29.8 Å². The quantitative estimate of drug-likeness (QED) is 0.201. The summed E-state index contributed by atoms with van der Waals surface area (Å²) in [5.41, 5.74) is 9.90. The molecule has 1 amide bonds. The van der Waals surface area contributed by atoms with Gasteiger partial charge in [-0.1, -0.05) is 22.6 Å². The van der Waals surface area contributed by atoms with Crippen molar-refractivity contribution in [3.05, 3.63) is 62.5 Å². The SMILES string of the molecule is N=CC=C(N)Cc1nc2c(s1)C(C=N)=C(C(=O)NCc1cnccc1C=N)CC2I. The predicted molar refractivity (Wildman–Crippen MR) is 128 cm³/mol. The first-order valence-corrected chi connectivity index (χ1v) is 11.1. The highest BCUT2D eigenvalue weighted by atomic mass is 127. The number of rotatable bonds is 8. The molecular formula is C20H20IN7OS. The van der Waals surface area contributed by atoms with Crippen LogP contribution in [0.2, 0.25) is 0 Å². The number of carbonyl (C=O) groups is 1. The molecule has 1 unspecified atom stereocenters. The van der Waals surface area contributed by atoms with Crippen LogP contribution in [-0.2, 0) is 17.8 Å². The Morgan fingerprint density at radius 3 is 2.87 bits per heavy atom. The molecule has 0 radical (unpaired) electrons. The van der Waals surface area contributed by atoms with Crippen LogP contribution in [0.4, 0.5) is 0 Å². The number of nitrogens with two attached hydrogens (primary N) is 1. The second-order valence-corrected chi connectivity index (χ2v) is 9.10. The van der Waals surface area contributed by atoms with E-state index in [0.29, 0.717) is 35.2 Å². The Kier molecular flexibility index (Phi) is 7.21. The van der Waals surface area contributed by atoms with Gasteiger partial charge < -0.3 is 27.3 Å². The van der Waals surface area contributed by atoms with Crippen LogP contribution in [-0.4, -0.2) is 34.5 Å². The third-order valence-electron chi connectivity index (χ3n) is 4.55. The fourth-order valence-electron chi connectivity index (χ4n) is 3.10. The summed E-state index contributed by atoms with van der Waals surface area (Å²) < 4.78 is 0.00974. The third kappa shape index (κ3) is 4.70. The van der Waals surface area contributed by atoms with E-state index in [0.717, 1.165) is 27.4 Å². The number of nitrogens with zero attached hydrogens (tertiary/aromatic N) is 2. The number of fused-ring (bicyclic) bond motifs is 1. The second-order valence-electron chi connectivity index (χ2n) is 6.52. The molecule has 0 aromatic carbocycles. The van der Waals surface area contributed by atoms with Crippen molar-refractivity contribution in [1.29, 1.82) is 16.2 Å². The normalized spacial score (nSPS) is 16.0. The Balaban J connectivity index is 1.87. The number of pyridine rings is 1. The molecule has 154 valence electrons. The predicted octanol–water partition coefficient (Wildman–Crippen LogP) is 3.17. The summed E-state index contributed by atoms with van der Waals surface area (Å²) in [5, 5.41) is 26.2. The van der Waals surface area contributed by atoms with E-state index >= 15 is 0 Å². The van der Waals surface area contributed by atoms with Crippen LogP contribution in [0.5, 0.6) is 0 Å². The summed E-state index contributed by atoms with van der Waals surface area (Å²) in [4.78, 5) is 22.5. The van der Waals surface area contributed by atoms with E-state index in [1.807, 2.05) is 0 Å². The van der Waals surface area contributed by atoms with Crippen LogP contribution >= 0.6 is 33.9 Å². The smallest absolute Gasteiger partial charge is 0.248 e. The third-order valence-corrected chi connectivity index (χ3v) is 6.69. The van der Waals surface area contributed by atoms with Crippen molar-refractivity contribution >= 4 is 64.1 Å². The zero-order valence-corrected chi connectivity index (χ0v) is 18.9. The largest absolute Gasteiger partial charge is 0.402 e. The van der Waals surface area contributed by atoms with Gasteiger partial charge in [0.05, 0.1) is 19.5 Å². The maximum absolute atomic E-state index is 12.9. The molecule has 2 aromatic rings. The molecule has 1 aliphatic rings. The van der Waals surface area contributed by atoms with Crippen molar-refractivity contribution in [3.8, 4) is 0 Å². The number of nitrogens with one attached hydrogen (secondary N) is 4. The molecule has 1 atom stereocenters. The Labute approximate surface area is 191 Å². The molecule has 2 heterocycles. The van der Waals surface area contributed by atoms with Gasteiger partial charge in [-0.05, 0) is 24.1 Å². The Hall–Kier alpha value is -2.73. The first-order chi connectivity index (χ1) is 14.5. The van der Waals surface area contributed by atoms with Crippen molar-refractivity contribution < 1.29 is 4.79 Å². The summed E-state index contributed by atoms with van der Waals surface area (Å²) in [6.07, 6.45) is 9.25. The maximum Gasteiger partial charge on any atom is 0.248 e. The average molecular weight is 533 g/mol. The maximum atomic E-state index is 12.9. The summed E-state index contributed by atoms with van der Waals surface area (Å²) in [7, 11) is 0. The van der Waals surface area contributed by atoms with E-state index < -0.39 is 0 Å². The van der Waals surface area contributed by atoms with E-state index in [9.17, 15) is 4.79 Å². The monoisotopic (exact) mass is 533 g/mol. The topological polar surface area (TPSA) is 152 Å². The standard InChI is InChI=1S/C20H20IN7OS/c21-16-6-14(20(29)27-10-12-9-26-4-2-11(12)7-23)15(8-24)19-18(16)28-17(30-19)5-13(25)1-3-22/h1-4,7-9,16,22-24H,5-6,10,25H2,(H,27,29). The fraction of sp³-hybridized carbons (Fsp3) is 0.200. The molecular weight excluding hydrogens is 513 g/mol. The lowest BCUT2D eigenvalue weighted by Gasteiger charge is -2.21. The lowest BCUT2D eigenvalue weighted by molar-refractivity contribution is -0.117. The number of amides is 1. The summed E-state index contributed by atoms with van der Waals surface area (Å²) in [6, 6.07) is 1.72. The van der Waals surface area contributed by atoms with Crippen molar-refractivity contribution in [3.63, 3.8) is 0 Å². The van der Waals surface area contributed by atoms with Gasteiger partial charge in [0.1, 0.15) is 0 Å². The molecule has 0 aliphatic heterocycles. The number of thiazole rings is 1. The molecule has 0 spiro atoms. The van der Waals surface area contributed by atoms with Gasteiger partial charge in [-0.15, -0.1) is 11.3 Å². The van der Waals surface area contributed by atoms with Crippen LogP contribution in [0.15, 0.2) is 35.8 Å². The number of allylic oxidation sites excluding steroid dienone is 3. The minimum atomic E-state index is -0.237. The lowest BCUT2D eigenvalue weighted by Crippen LogP contribution is -2.27. The molecule has 1 aliphatic carbocycles. The van der Waals surface area contributed by atoms with Gasteiger partial charge in [-0.3, -0.25) is 9.78 Å². The van der Waals surface area contributed by atoms with E-state index in [4.69, 9.17) is 22.0 Å². The van der Waals surface area contributed by atoms with Gasteiger partial charge in [0.15, 0.2) is 0 Å². The van der Waals surface area contributed by atoms with Gasteiger partial charge in [0.2, 0.25) is 5.91 Å². The minimum absolute atomic E-state index is 0.00974. The summed E-state index contributed by atoms with van der Waals surface area (Å²) in [5.74, 6) is -0.237. The average Bonchev–Trinajstić information content (AvgIpc) is 3.16. The minimum Gasteiger partial charge on any atom is -0.402 e. The molecule has 0 fully saturated rings. The van der Waals surface area contributed by atoms with Crippen LogP contribution in [0.1, 0.15) is 37.1 Å². The molecule has 0 saturated carbocycles. The molecule has 3 rings (SSSR count). The van der Waals surface area contributed by atoms with Crippen molar-refractivity contribution in [2.45, 2.75) is 23.3 Å². The number of halogens is 1. The molecule has 8 nitrogen and oxygen atoms in total. The fourth-order valence-corrected chi connectivity index (χ4v) is 5.40. The molecule has 0 saturated heterocycles. The number of carbonyl (C=O) groups excluding carboxylic acids is 1. The highest BCUT2D eigenvalue weighted by Crippen LogP contribution is 2.44. The van der Waals surface area contributed by atoms with Crippen LogP contribution in [0.25, 0.3) is 5.57 Å². The van der Waals surface area contributed by atoms with Crippen LogP contribution in [0.3, 0.4) is 0 Å². The lowest BCUT2D eigenvalue weighted by atomic mass is 9.93. The molecule has 0 bridgehead atoms. The van der Waals surface area contributed by atoms with Gasteiger partial charge >= 0.3 is 0 Å². The molecule has 10 heteroatoms. The molecule has 6 N–H and O–H groups in total. The number of hydrogen-bond donors (Lipinski definition) is 5. The van der Waals surface area contributed by atoms with Gasteiger partial charge in [0.25, 0.3) is 0 Å². The van der Waals surface area contributed by atoms with Crippen molar-refractivity contribution in [1.82, 2.24) is 15.3 Å². The van der Waals surface area contributed by atoms with E-state index in [1.54, 1.807) is 18.5 Å². The zero-order valence-electron chi connectivity index (χ0n) is 15.9. The Morgan fingerprint density at radius 1 is 1.37 bits per heavy atom. The number of alkyl halides is 1. The van der Waals surface area contributed by atoms with Gasteiger partial charge in [-0.2, -0.15) is 0 Å². The van der Waals surface area contributed by atoms with Gasteiger partial charge in [-0.25, -0.2) is 4.98 Å². The summed E-state index contributed by atoms with van der Waals surface area (Å²) in [6.45, 7) is 0.254. The van der Waals surface area contributed by atoms with Crippen LogP contribution < -0.4 is 11.1 Å². The first kappa shape index (κ1) is 22.0. The first-order valence-electron chi connectivity index (χ1n) is 9.02. The second kappa shape index (κ2) is 9.85. The van der Waals surface area contributed by atoms with E-state index in [2.05, 4.69) is 37.9 Å². The highest BCUT2D eigenvalue weighted by molar-refractivity contribution is 14.1. The van der Waals surface area contributed by atoms with Crippen molar-refractivity contribution in [2.24, 2.45) is 5.73 Å². The van der Waals surface area contributed by atoms with Crippen molar-refractivity contribution in [2.75, 3.05) is 0 Å². The zero-order chi connectivity index (χ0) is 21.7. The molecule has 30 heavy (non-hydrogen) atoms.